The molecule has 0 aliphatic heterocycles. The van der Waals surface area contributed by atoms with Crippen molar-refractivity contribution in [2.75, 3.05) is 0 Å². The van der Waals surface area contributed by atoms with E-state index in [9.17, 15) is 8.78 Å². The van der Waals surface area contributed by atoms with Crippen LogP contribution in [0.15, 0.2) is 36.4 Å². The molecule has 1 atom stereocenters. The lowest BCUT2D eigenvalue weighted by Gasteiger charge is -2.19. The van der Waals surface area contributed by atoms with Gasteiger partial charge in [0, 0.05) is 21.7 Å². The fourth-order valence-corrected chi connectivity index (χ4v) is 2.34. The van der Waals surface area contributed by atoms with E-state index in [0.717, 1.165) is 12.1 Å². The van der Waals surface area contributed by atoms with Crippen LogP contribution in [0.4, 0.5) is 8.78 Å². The van der Waals surface area contributed by atoms with Crippen LogP contribution in [-0.2, 0) is 0 Å². The lowest BCUT2D eigenvalue weighted by molar-refractivity contribution is 0.541. The lowest BCUT2D eigenvalue weighted by atomic mass is 9.98. The number of halogens is 4. The third kappa shape index (κ3) is 3.04. The van der Waals surface area contributed by atoms with Crippen LogP contribution in [0.25, 0.3) is 0 Å². The maximum atomic E-state index is 13.8. The SMILES string of the molecule is NNC(c1ccc(F)cc1F)c1ccc(Cl)cc1Cl. The van der Waals surface area contributed by atoms with E-state index in [1.165, 1.54) is 12.1 Å². The van der Waals surface area contributed by atoms with Gasteiger partial charge in [-0.3, -0.25) is 5.84 Å². The summed E-state index contributed by atoms with van der Waals surface area (Å²) in [7, 11) is 0. The van der Waals surface area contributed by atoms with E-state index in [2.05, 4.69) is 5.43 Å². The molecule has 0 fully saturated rings. The molecule has 0 spiro atoms. The average molecular weight is 303 g/mol. The molecular weight excluding hydrogens is 293 g/mol. The number of hydrogen-bond acceptors (Lipinski definition) is 2. The number of rotatable bonds is 3. The maximum absolute atomic E-state index is 13.8. The van der Waals surface area contributed by atoms with Gasteiger partial charge in [-0.1, -0.05) is 35.3 Å². The topological polar surface area (TPSA) is 38.0 Å². The van der Waals surface area contributed by atoms with Gasteiger partial charge >= 0.3 is 0 Å². The molecule has 2 rings (SSSR count). The van der Waals surface area contributed by atoms with E-state index in [1.54, 1.807) is 12.1 Å². The first-order chi connectivity index (χ1) is 9.02. The molecule has 6 heteroatoms. The molecule has 2 nitrogen and oxygen atoms in total. The second-order valence-corrected chi connectivity index (χ2v) is 4.77. The highest BCUT2D eigenvalue weighted by Gasteiger charge is 2.19. The molecule has 2 aromatic rings. The van der Waals surface area contributed by atoms with Crippen LogP contribution in [0.3, 0.4) is 0 Å². The Morgan fingerprint density at radius 2 is 1.68 bits per heavy atom. The van der Waals surface area contributed by atoms with Crippen LogP contribution in [0.1, 0.15) is 17.2 Å². The van der Waals surface area contributed by atoms with Crippen molar-refractivity contribution >= 4 is 23.2 Å². The standard InChI is InChI=1S/C13H10Cl2F2N2/c14-7-1-3-9(11(15)5-7)13(19-18)10-4-2-8(16)6-12(10)17/h1-6,13,19H,18H2. The van der Waals surface area contributed by atoms with E-state index < -0.39 is 17.7 Å². The Kier molecular flexibility index (Phi) is 4.37. The smallest absolute Gasteiger partial charge is 0.131 e. The third-order valence-electron chi connectivity index (χ3n) is 2.71. The molecule has 100 valence electrons. The van der Waals surface area contributed by atoms with Gasteiger partial charge < -0.3 is 0 Å². The zero-order chi connectivity index (χ0) is 14.0. The monoisotopic (exact) mass is 302 g/mol. The summed E-state index contributed by atoms with van der Waals surface area (Å²) >= 11 is 11.9. The molecule has 0 aliphatic rings. The Morgan fingerprint density at radius 1 is 1.00 bits per heavy atom. The molecule has 2 aromatic carbocycles. The molecule has 19 heavy (non-hydrogen) atoms. The fourth-order valence-electron chi connectivity index (χ4n) is 1.82. The summed E-state index contributed by atoms with van der Waals surface area (Å²) < 4.78 is 26.7. The van der Waals surface area contributed by atoms with Crippen LogP contribution in [0.5, 0.6) is 0 Å². The predicted octanol–water partition coefficient (Wildman–Crippen LogP) is 3.82. The highest BCUT2D eigenvalue weighted by atomic mass is 35.5. The van der Waals surface area contributed by atoms with E-state index in [1.807, 2.05) is 0 Å². The highest BCUT2D eigenvalue weighted by Crippen LogP contribution is 2.31. The zero-order valence-corrected chi connectivity index (χ0v) is 11.1. The Hall–Kier alpha value is -1.20. The molecule has 0 aliphatic carbocycles. The van der Waals surface area contributed by atoms with Crippen molar-refractivity contribution in [3.8, 4) is 0 Å². The van der Waals surface area contributed by atoms with E-state index in [0.29, 0.717) is 15.6 Å². The Labute approximate surface area is 119 Å². The van der Waals surface area contributed by atoms with Crippen molar-refractivity contribution in [1.82, 2.24) is 5.43 Å². The van der Waals surface area contributed by atoms with E-state index in [-0.39, 0.29) is 5.56 Å². The van der Waals surface area contributed by atoms with Gasteiger partial charge in [-0.05, 0) is 23.8 Å². The van der Waals surface area contributed by atoms with Gasteiger partial charge in [0.25, 0.3) is 0 Å². The first-order valence-corrected chi connectivity index (χ1v) is 6.14. The molecule has 0 saturated carbocycles. The molecule has 0 amide bonds. The number of hydrazine groups is 1. The summed E-state index contributed by atoms with van der Waals surface area (Å²) in [6, 6.07) is 7.37. The zero-order valence-electron chi connectivity index (χ0n) is 9.63. The van der Waals surface area contributed by atoms with Crippen molar-refractivity contribution in [3.05, 3.63) is 69.2 Å². The van der Waals surface area contributed by atoms with Gasteiger partial charge in [0.05, 0.1) is 6.04 Å². The van der Waals surface area contributed by atoms with E-state index >= 15 is 0 Å². The first-order valence-electron chi connectivity index (χ1n) is 5.39. The van der Waals surface area contributed by atoms with Crippen molar-refractivity contribution < 1.29 is 8.78 Å². The number of hydrogen-bond donors (Lipinski definition) is 2. The molecule has 1 unspecified atom stereocenters. The Morgan fingerprint density at radius 3 is 2.26 bits per heavy atom. The maximum Gasteiger partial charge on any atom is 0.131 e. The second kappa shape index (κ2) is 5.84. The summed E-state index contributed by atoms with van der Waals surface area (Å²) in [6.07, 6.45) is 0. The Balaban J connectivity index is 2.50. The van der Waals surface area contributed by atoms with Crippen molar-refractivity contribution in [2.45, 2.75) is 6.04 Å². The van der Waals surface area contributed by atoms with Gasteiger partial charge in [-0.15, -0.1) is 0 Å². The van der Waals surface area contributed by atoms with Crippen molar-refractivity contribution in [1.29, 1.82) is 0 Å². The predicted molar refractivity (Wildman–Crippen MR) is 72.0 cm³/mol. The van der Waals surface area contributed by atoms with Crippen LogP contribution >= 0.6 is 23.2 Å². The normalized spacial score (nSPS) is 12.5. The van der Waals surface area contributed by atoms with Gasteiger partial charge in [0.2, 0.25) is 0 Å². The van der Waals surface area contributed by atoms with Crippen LogP contribution < -0.4 is 11.3 Å². The van der Waals surface area contributed by atoms with Gasteiger partial charge in [0.1, 0.15) is 11.6 Å². The molecular formula is C13H10Cl2F2N2. The average Bonchev–Trinajstić information content (AvgIpc) is 2.34. The van der Waals surface area contributed by atoms with Crippen LogP contribution in [-0.4, -0.2) is 0 Å². The van der Waals surface area contributed by atoms with Gasteiger partial charge in [-0.2, -0.15) is 0 Å². The number of nitrogens with two attached hydrogens (primary N) is 1. The van der Waals surface area contributed by atoms with Gasteiger partial charge in [0.15, 0.2) is 0 Å². The summed E-state index contributed by atoms with van der Waals surface area (Å²) in [5.74, 6) is 4.10. The minimum Gasteiger partial charge on any atom is -0.271 e. The Bertz CT molecular complexity index is 554. The largest absolute Gasteiger partial charge is 0.271 e. The third-order valence-corrected chi connectivity index (χ3v) is 3.28. The minimum atomic E-state index is -0.700. The second-order valence-electron chi connectivity index (χ2n) is 3.93. The van der Waals surface area contributed by atoms with Crippen LogP contribution in [0, 0.1) is 11.6 Å². The lowest BCUT2D eigenvalue weighted by Crippen LogP contribution is -2.29. The van der Waals surface area contributed by atoms with Crippen molar-refractivity contribution in [3.63, 3.8) is 0 Å². The molecule has 3 N–H and O–H groups in total. The summed E-state index contributed by atoms with van der Waals surface area (Å²) in [4.78, 5) is 0. The molecule has 0 saturated heterocycles. The number of benzene rings is 2. The minimum absolute atomic E-state index is 0.202. The quantitative estimate of drug-likeness (QED) is 0.668. The number of nitrogens with one attached hydrogen (secondary N) is 1. The summed E-state index contributed by atoms with van der Waals surface area (Å²) in [5.41, 5.74) is 3.22. The molecule has 0 radical (unpaired) electrons. The molecule has 0 aromatic heterocycles. The summed E-state index contributed by atoms with van der Waals surface area (Å²) in [6.45, 7) is 0. The molecule has 0 bridgehead atoms. The van der Waals surface area contributed by atoms with E-state index in [4.69, 9.17) is 29.0 Å². The molecule has 0 heterocycles. The van der Waals surface area contributed by atoms with Crippen molar-refractivity contribution in [2.24, 2.45) is 5.84 Å². The fraction of sp³-hybridized carbons (Fsp3) is 0.0769. The first kappa shape index (κ1) is 14.2. The summed E-state index contributed by atoms with van der Waals surface area (Å²) in [5, 5.41) is 0.809. The highest BCUT2D eigenvalue weighted by molar-refractivity contribution is 6.35. The van der Waals surface area contributed by atoms with Crippen LogP contribution in [0.2, 0.25) is 10.0 Å². The van der Waals surface area contributed by atoms with Gasteiger partial charge in [-0.25, -0.2) is 14.2 Å².